The Hall–Kier alpha value is -3.35. The predicted molar refractivity (Wildman–Crippen MR) is 139 cm³/mol. The Labute approximate surface area is 216 Å². The highest BCUT2D eigenvalue weighted by molar-refractivity contribution is 7.89. The topological polar surface area (TPSA) is 131 Å². The van der Waals surface area contributed by atoms with Crippen LogP contribution in [0.3, 0.4) is 0 Å². The number of hydrogen-bond acceptors (Lipinski definition) is 8. The highest BCUT2D eigenvalue weighted by Gasteiger charge is 2.22. The van der Waals surface area contributed by atoms with E-state index in [-0.39, 0.29) is 23.4 Å². The average molecular weight is 526 g/mol. The summed E-state index contributed by atoms with van der Waals surface area (Å²) in [6.07, 6.45) is 4.97. The molecule has 11 nitrogen and oxygen atoms in total. The van der Waals surface area contributed by atoms with Gasteiger partial charge in [-0.05, 0) is 66.6 Å². The van der Waals surface area contributed by atoms with E-state index in [1.54, 1.807) is 12.1 Å². The van der Waals surface area contributed by atoms with Crippen LogP contribution in [0.2, 0.25) is 0 Å². The molecule has 1 amide bonds. The molecule has 196 valence electrons. The number of carbonyl (C=O) groups excluding carboxylic acids is 1. The Morgan fingerprint density at radius 1 is 0.973 bits per heavy atom. The molecule has 0 bridgehead atoms. The van der Waals surface area contributed by atoms with Gasteiger partial charge in [-0.1, -0.05) is 19.3 Å². The van der Waals surface area contributed by atoms with Gasteiger partial charge in [-0.3, -0.25) is 4.79 Å². The summed E-state index contributed by atoms with van der Waals surface area (Å²) in [5, 5.41) is 15.1. The number of rotatable bonds is 8. The van der Waals surface area contributed by atoms with Crippen LogP contribution in [-0.2, 0) is 26.1 Å². The van der Waals surface area contributed by atoms with Gasteiger partial charge in [0.25, 0.3) is 0 Å². The van der Waals surface area contributed by atoms with Crippen LogP contribution in [0.5, 0.6) is 0 Å². The summed E-state index contributed by atoms with van der Waals surface area (Å²) in [7, 11) is -3.59. The molecule has 0 atom stereocenters. The zero-order valence-corrected chi connectivity index (χ0v) is 21.4. The molecule has 2 heterocycles. The van der Waals surface area contributed by atoms with Gasteiger partial charge in [0.15, 0.2) is 0 Å². The van der Waals surface area contributed by atoms with Crippen LogP contribution in [0.25, 0.3) is 11.4 Å². The molecule has 0 unspecified atom stereocenters. The van der Waals surface area contributed by atoms with Gasteiger partial charge >= 0.3 is 0 Å². The fourth-order valence-corrected chi connectivity index (χ4v) is 5.93. The monoisotopic (exact) mass is 525 g/mol. The SMILES string of the molecule is O=C(Cn1nnc(-c2ccc(N3CCOCC3)cc2)n1)Nc1ccc(S(=O)(=O)NC2CCCCC2)cc1. The molecule has 1 aliphatic carbocycles. The summed E-state index contributed by atoms with van der Waals surface area (Å²) in [6, 6.07) is 14.0. The van der Waals surface area contributed by atoms with Crippen molar-refractivity contribution in [2.24, 2.45) is 0 Å². The zero-order valence-electron chi connectivity index (χ0n) is 20.5. The Balaban J connectivity index is 1.15. The highest BCUT2D eigenvalue weighted by Crippen LogP contribution is 2.22. The molecule has 2 aromatic carbocycles. The Bertz CT molecular complexity index is 1300. The van der Waals surface area contributed by atoms with Crippen molar-refractivity contribution in [2.75, 3.05) is 36.5 Å². The Morgan fingerprint density at radius 3 is 2.38 bits per heavy atom. The van der Waals surface area contributed by atoms with Crippen LogP contribution in [0.15, 0.2) is 53.4 Å². The molecule has 2 fully saturated rings. The van der Waals surface area contributed by atoms with E-state index in [4.69, 9.17) is 4.74 Å². The third-order valence-electron chi connectivity index (χ3n) is 6.61. The number of aromatic nitrogens is 4. The predicted octanol–water partition coefficient (Wildman–Crippen LogP) is 2.43. The summed E-state index contributed by atoms with van der Waals surface area (Å²) in [6.45, 7) is 3.04. The summed E-state index contributed by atoms with van der Waals surface area (Å²) in [4.78, 5) is 16.2. The number of anilines is 2. The molecule has 2 N–H and O–H groups in total. The summed E-state index contributed by atoms with van der Waals surface area (Å²) >= 11 is 0. The molecule has 0 spiro atoms. The van der Waals surface area contributed by atoms with E-state index in [0.717, 1.165) is 69.7 Å². The molecular weight excluding hydrogens is 494 g/mol. The van der Waals surface area contributed by atoms with Crippen LogP contribution < -0.4 is 14.9 Å². The normalized spacial score (nSPS) is 17.0. The number of carbonyl (C=O) groups is 1. The standard InChI is InChI=1S/C25H31N7O4S/c33-24(26-20-8-12-23(13-9-20)37(34,35)29-21-4-2-1-3-5-21)18-32-28-25(27-30-32)19-6-10-22(11-7-19)31-14-16-36-17-15-31/h6-13,21,29H,1-5,14-18H2,(H,26,33). The number of hydrogen-bond donors (Lipinski definition) is 2. The molecule has 1 aliphatic heterocycles. The summed E-state index contributed by atoms with van der Waals surface area (Å²) in [5.41, 5.74) is 2.41. The number of ether oxygens (including phenoxy) is 1. The summed E-state index contributed by atoms with van der Waals surface area (Å²) in [5.74, 6) is 0.0869. The first kappa shape index (κ1) is 25.3. The van der Waals surface area contributed by atoms with E-state index >= 15 is 0 Å². The largest absolute Gasteiger partial charge is 0.378 e. The van der Waals surface area contributed by atoms with Crippen LogP contribution in [0.4, 0.5) is 11.4 Å². The minimum atomic E-state index is -3.59. The maximum atomic E-state index is 12.7. The number of benzene rings is 2. The van der Waals surface area contributed by atoms with Crippen molar-refractivity contribution in [1.82, 2.24) is 24.9 Å². The average Bonchev–Trinajstić information content (AvgIpc) is 3.38. The van der Waals surface area contributed by atoms with E-state index < -0.39 is 10.0 Å². The lowest BCUT2D eigenvalue weighted by atomic mass is 9.96. The number of amides is 1. The van der Waals surface area contributed by atoms with Crippen LogP contribution in [-0.4, -0.2) is 66.9 Å². The van der Waals surface area contributed by atoms with Gasteiger partial charge < -0.3 is 15.0 Å². The van der Waals surface area contributed by atoms with Gasteiger partial charge in [0, 0.05) is 36.1 Å². The van der Waals surface area contributed by atoms with Crippen molar-refractivity contribution in [1.29, 1.82) is 0 Å². The zero-order chi connectivity index (χ0) is 25.7. The lowest BCUT2D eigenvalue weighted by molar-refractivity contribution is -0.117. The lowest BCUT2D eigenvalue weighted by Crippen LogP contribution is -2.36. The maximum Gasteiger partial charge on any atom is 0.248 e. The fourth-order valence-electron chi connectivity index (χ4n) is 4.62. The van der Waals surface area contributed by atoms with Crippen LogP contribution in [0, 0.1) is 0 Å². The quantitative estimate of drug-likeness (QED) is 0.458. The van der Waals surface area contributed by atoms with Crippen molar-refractivity contribution in [3.63, 3.8) is 0 Å². The van der Waals surface area contributed by atoms with Crippen molar-refractivity contribution < 1.29 is 17.9 Å². The molecule has 5 rings (SSSR count). The Morgan fingerprint density at radius 2 is 1.68 bits per heavy atom. The molecular formula is C25H31N7O4S. The molecule has 1 aromatic heterocycles. The van der Waals surface area contributed by atoms with Gasteiger partial charge in [-0.15, -0.1) is 10.2 Å². The third kappa shape index (κ3) is 6.51. The minimum absolute atomic E-state index is 0.0130. The molecule has 3 aromatic rings. The van der Waals surface area contributed by atoms with Gasteiger partial charge in [0.2, 0.25) is 21.8 Å². The van der Waals surface area contributed by atoms with Crippen molar-refractivity contribution >= 4 is 27.3 Å². The number of nitrogens with one attached hydrogen (secondary N) is 2. The molecule has 1 saturated carbocycles. The van der Waals surface area contributed by atoms with E-state index in [1.165, 1.54) is 16.9 Å². The van der Waals surface area contributed by atoms with Gasteiger partial charge in [-0.25, -0.2) is 13.1 Å². The number of nitrogens with zero attached hydrogens (tertiary/aromatic N) is 5. The molecule has 0 radical (unpaired) electrons. The minimum Gasteiger partial charge on any atom is -0.378 e. The van der Waals surface area contributed by atoms with Crippen molar-refractivity contribution in [3.8, 4) is 11.4 Å². The van der Waals surface area contributed by atoms with Crippen molar-refractivity contribution in [2.45, 2.75) is 49.6 Å². The second kappa shape index (κ2) is 11.4. The second-order valence-corrected chi connectivity index (χ2v) is 11.0. The molecule has 2 aliphatic rings. The first-order valence-electron chi connectivity index (χ1n) is 12.6. The molecule has 1 saturated heterocycles. The highest BCUT2D eigenvalue weighted by atomic mass is 32.2. The summed E-state index contributed by atoms with van der Waals surface area (Å²) < 4.78 is 33.5. The first-order chi connectivity index (χ1) is 18.0. The Kier molecular flexibility index (Phi) is 7.77. The van der Waals surface area contributed by atoms with Gasteiger partial charge in [0.05, 0.1) is 18.1 Å². The number of morpholine rings is 1. The number of sulfonamides is 1. The molecule has 37 heavy (non-hydrogen) atoms. The van der Waals surface area contributed by atoms with Crippen molar-refractivity contribution in [3.05, 3.63) is 48.5 Å². The number of tetrazole rings is 1. The smallest absolute Gasteiger partial charge is 0.248 e. The van der Waals surface area contributed by atoms with E-state index in [1.807, 2.05) is 24.3 Å². The second-order valence-electron chi connectivity index (χ2n) is 9.32. The van der Waals surface area contributed by atoms with E-state index in [9.17, 15) is 13.2 Å². The third-order valence-corrected chi connectivity index (χ3v) is 8.15. The van der Waals surface area contributed by atoms with Gasteiger partial charge in [0.1, 0.15) is 6.54 Å². The molecule has 12 heteroatoms. The first-order valence-corrected chi connectivity index (χ1v) is 14.1. The van der Waals surface area contributed by atoms with E-state index in [2.05, 4.69) is 30.3 Å². The fraction of sp³-hybridized carbons (Fsp3) is 0.440. The van der Waals surface area contributed by atoms with Crippen LogP contribution in [0.1, 0.15) is 32.1 Å². The maximum absolute atomic E-state index is 12.7. The lowest BCUT2D eigenvalue weighted by Gasteiger charge is -2.28. The van der Waals surface area contributed by atoms with E-state index in [0.29, 0.717) is 11.5 Å². The van der Waals surface area contributed by atoms with Crippen LogP contribution >= 0.6 is 0 Å². The van der Waals surface area contributed by atoms with Gasteiger partial charge in [-0.2, -0.15) is 4.80 Å².